The Morgan fingerprint density at radius 2 is 1.95 bits per heavy atom. The number of anilines is 1. The largest absolute Gasteiger partial charge is 0.497 e. The molecule has 0 spiro atoms. The van der Waals surface area contributed by atoms with Gasteiger partial charge in [-0.1, -0.05) is 0 Å². The third kappa shape index (κ3) is 1.96. The highest BCUT2D eigenvalue weighted by Gasteiger charge is 2.12. The highest BCUT2D eigenvalue weighted by atomic mass is 79.9. The number of nitrogen functional groups attached to an aromatic ring is 1. The molecule has 3 aromatic rings. The Morgan fingerprint density at radius 3 is 2.63 bits per heavy atom. The van der Waals surface area contributed by atoms with Gasteiger partial charge in [-0.15, -0.1) is 0 Å². The van der Waals surface area contributed by atoms with E-state index in [9.17, 15) is 0 Å². The van der Waals surface area contributed by atoms with Crippen LogP contribution in [0.25, 0.3) is 16.9 Å². The number of imidazole rings is 1. The summed E-state index contributed by atoms with van der Waals surface area (Å²) in [7, 11) is 1.65. The van der Waals surface area contributed by atoms with Gasteiger partial charge in [-0.3, -0.25) is 4.40 Å². The van der Waals surface area contributed by atoms with E-state index in [4.69, 9.17) is 10.5 Å². The van der Waals surface area contributed by atoms with Gasteiger partial charge in [0.25, 0.3) is 0 Å². The molecule has 0 aliphatic heterocycles. The predicted molar refractivity (Wildman–Crippen MR) is 79.3 cm³/mol. The standard InChI is InChI=1S/C14H12BrN3O/c1-19-10-6-4-9(5-7-10)14-17-13(15)12-11(16)3-2-8-18(12)14/h2-8H,16H2,1H3. The summed E-state index contributed by atoms with van der Waals surface area (Å²) in [6.07, 6.45) is 1.95. The average Bonchev–Trinajstić information content (AvgIpc) is 2.78. The lowest BCUT2D eigenvalue weighted by atomic mass is 10.2. The number of methoxy groups -OCH3 is 1. The van der Waals surface area contributed by atoms with E-state index in [0.717, 1.165) is 27.3 Å². The molecular formula is C14H12BrN3O. The molecule has 0 amide bonds. The van der Waals surface area contributed by atoms with E-state index in [1.807, 2.05) is 47.0 Å². The quantitative estimate of drug-likeness (QED) is 0.788. The summed E-state index contributed by atoms with van der Waals surface area (Å²) in [6.45, 7) is 0. The van der Waals surface area contributed by atoms with Crippen LogP contribution in [0.4, 0.5) is 5.69 Å². The molecule has 2 aromatic heterocycles. The number of hydrogen-bond donors (Lipinski definition) is 1. The molecule has 0 radical (unpaired) electrons. The summed E-state index contributed by atoms with van der Waals surface area (Å²) < 4.78 is 7.88. The molecule has 96 valence electrons. The van der Waals surface area contributed by atoms with Gasteiger partial charge in [-0.25, -0.2) is 4.98 Å². The second kappa shape index (κ2) is 4.59. The highest BCUT2D eigenvalue weighted by Crippen LogP contribution is 2.30. The normalized spacial score (nSPS) is 10.8. The molecule has 1 aromatic carbocycles. The molecule has 0 aliphatic rings. The van der Waals surface area contributed by atoms with Crippen LogP contribution in [0.5, 0.6) is 5.75 Å². The monoisotopic (exact) mass is 317 g/mol. The Kier molecular flexibility index (Phi) is 2.91. The summed E-state index contributed by atoms with van der Waals surface area (Å²) >= 11 is 3.46. The van der Waals surface area contributed by atoms with Crippen molar-refractivity contribution < 1.29 is 4.74 Å². The van der Waals surface area contributed by atoms with Crippen LogP contribution in [0, 0.1) is 0 Å². The van der Waals surface area contributed by atoms with Gasteiger partial charge in [-0.05, 0) is 52.3 Å². The number of nitrogens with zero attached hydrogens (tertiary/aromatic N) is 2. The summed E-state index contributed by atoms with van der Waals surface area (Å²) in [5.41, 5.74) is 8.57. The second-order valence-corrected chi connectivity index (χ2v) is 4.89. The molecule has 0 aliphatic carbocycles. The third-order valence-corrected chi connectivity index (χ3v) is 3.55. The van der Waals surface area contributed by atoms with Crippen molar-refractivity contribution in [3.63, 3.8) is 0 Å². The van der Waals surface area contributed by atoms with Crippen LogP contribution in [0.15, 0.2) is 47.2 Å². The zero-order valence-electron chi connectivity index (χ0n) is 10.3. The molecule has 19 heavy (non-hydrogen) atoms. The van der Waals surface area contributed by atoms with E-state index in [1.165, 1.54) is 0 Å². The van der Waals surface area contributed by atoms with Crippen LogP contribution in [0.1, 0.15) is 0 Å². The van der Waals surface area contributed by atoms with Gasteiger partial charge >= 0.3 is 0 Å². The number of benzene rings is 1. The van der Waals surface area contributed by atoms with Gasteiger partial charge in [0.1, 0.15) is 21.7 Å². The molecule has 0 saturated carbocycles. The number of nitrogens with two attached hydrogens (primary N) is 1. The molecular weight excluding hydrogens is 306 g/mol. The first-order valence-corrected chi connectivity index (χ1v) is 6.56. The van der Waals surface area contributed by atoms with Crippen LogP contribution in [0.2, 0.25) is 0 Å². The Balaban J connectivity index is 2.22. The van der Waals surface area contributed by atoms with Gasteiger partial charge < -0.3 is 10.5 Å². The molecule has 4 nitrogen and oxygen atoms in total. The van der Waals surface area contributed by atoms with E-state index >= 15 is 0 Å². The van der Waals surface area contributed by atoms with Gasteiger partial charge in [-0.2, -0.15) is 0 Å². The average molecular weight is 318 g/mol. The predicted octanol–water partition coefficient (Wildman–Crippen LogP) is 3.35. The number of hydrogen-bond acceptors (Lipinski definition) is 3. The van der Waals surface area contributed by atoms with Crippen molar-refractivity contribution in [1.82, 2.24) is 9.38 Å². The minimum absolute atomic E-state index is 0.696. The first-order valence-electron chi connectivity index (χ1n) is 5.77. The molecule has 2 heterocycles. The fourth-order valence-corrected chi connectivity index (χ4v) is 2.65. The van der Waals surface area contributed by atoms with Crippen LogP contribution in [-0.2, 0) is 0 Å². The van der Waals surface area contributed by atoms with Crippen LogP contribution >= 0.6 is 15.9 Å². The Bertz CT molecular complexity index is 734. The molecule has 0 bridgehead atoms. The summed E-state index contributed by atoms with van der Waals surface area (Å²) in [6, 6.07) is 11.5. The zero-order chi connectivity index (χ0) is 13.4. The Hall–Kier alpha value is -2.01. The zero-order valence-corrected chi connectivity index (χ0v) is 11.9. The lowest BCUT2D eigenvalue weighted by Crippen LogP contribution is -1.93. The molecule has 0 unspecified atom stereocenters. The number of ether oxygens (including phenoxy) is 1. The first-order chi connectivity index (χ1) is 9.20. The fourth-order valence-electron chi connectivity index (χ4n) is 2.06. The molecule has 0 atom stereocenters. The maximum atomic E-state index is 5.98. The van der Waals surface area contributed by atoms with Crippen molar-refractivity contribution in [2.45, 2.75) is 0 Å². The van der Waals surface area contributed by atoms with E-state index < -0.39 is 0 Å². The number of rotatable bonds is 2. The summed E-state index contributed by atoms with van der Waals surface area (Å²) in [5.74, 6) is 1.67. The van der Waals surface area contributed by atoms with Gasteiger partial charge in [0.2, 0.25) is 0 Å². The molecule has 2 N–H and O–H groups in total. The number of fused-ring (bicyclic) bond motifs is 1. The summed E-state index contributed by atoms with van der Waals surface area (Å²) in [4.78, 5) is 4.54. The molecule has 0 saturated heterocycles. The van der Waals surface area contributed by atoms with E-state index in [2.05, 4.69) is 20.9 Å². The number of halogens is 1. The van der Waals surface area contributed by atoms with Gasteiger partial charge in [0.05, 0.1) is 12.8 Å². The molecule has 5 heteroatoms. The van der Waals surface area contributed by atoms with Crippen molar-refractivity contribution in [2.75, 3.05) is 12.8 Å². The van der Waals surface area contributed by atoms with Crippen molar-refractivity contribution in [2.24, 2.45) is 0 Å². The van der Waals surface area contributed by atoms with Crippen LogP contribution in [-0.4, -0.2) is 16.5 Å². The number of pyridine rings is 1. The van der Waals surface area contributed by atoms with Crippen molar-refractivity contribution in [3.05, 3.63) is 47.2 Å². The van der Waals surface area contributed by atoms with E-state index in [0.29, 0.717) is 5.69 Å². The van der Waals surface area contributed by atoms with Gasteiger partial charge in [0, 0.05) is 11.8 Å². The van der Waals surface area contributed by atoms with E-state index in [-0.39, 0.29) is 0 Å². The first kappa shape index (κ1) is 12.0. The van der Waals surface area contributed by atoms with Gasteiger partial charge in [0.15, 0.2) is 0 Å². The molecule has 0 fully saturated rings. The van der Waals surface area contributed by atoms with Crippen molar-refractivity contribution in [1.29, 1.82) is 0 Å². The minimum atomic E-state index is 0.696. The topological polar surface area (TPSA) is 52.5 Å². The van der Waals surface area contributed by atoms with Crippen molar-refractivity contribution in [3.8, 4) is 17.1 Å². The SMILES string of the molecule is COc1ccc(-c2nc(Br)c3c(N)cccn23)cc1. The smallest absolute Gasteiger partial charge is 0.145 e. The Morgan fingerprint density at radius 1 is 1.21 bits per heavy atom. The lowest BCUT2D eigenvalue weighted by Gasteiger charge is -2.04. The van der Waals surface area contributed by atoms with Crippen molar-refractivity contribution >= 4 is 27.1 Å². The highest BCUT2D eigenvalue weighted by molar-refractivity contribution is 9.10. The number of aromatic nitrogens is 2. The fraction of sp³-hybridized carbons (Fsp3) is 0.0714. The summed E-state index contributed by atoms with van der Waals surface area (Å²) in [5, 5.41) is 0. The van der Waals surface area contributed by atoms with Crippen LogP contribution < -0.4 is 10.5 Å². The maximum absolute atomic E-state index is 5.98. The third-order valence-electron chi connectivity index (χ3n) is 3.00. The van der Waals surface area contributed by atoms with Crippen LogP contribution in [0.3, 0.4) is 0 Å². The lowest BCUT2D eigenvalue weighted by molar-refractivity contribution is 0.415. The maximum Gasteiger partial charge on any atom is 0.145 e. The Labute approximate surface area is 119 Å². The minimum Gasteiger partial charge on any atom is -0.497 e. The van der Waals surface area contributed by atoms with E-state index in [1.54, 1.807) is 7.11 Å². The molecule has 3 rings (SSSR count). The second-order valence-electron chi connectivity index (χ2n) is 4.14.